The summed E-state index contributed by atoms with van der Waals surface area (Å²) in [6.07, 6.45) is 1.11. The molecule has 0 heterocycles. The second kappa shape index (κ2) is 6.48. The van der Waals surface area contributed by atoms with E-state index in [2.05, 4.69) is 24.4 Å². The zero-order chi connectivity index (χ0) is 13.7. The zero-order valence-corrected chi connectivity index (χ0v) is 11.5. The van der Waals surface area contributed by atoms with Crippen molar-refractivity contribution >= 4 is 0 Å². The number of rotatable bonds is 5. The van der Waals surface area contributed by atoms with E-state index >= 15 is 0 Å². The topological polar surface area (TPSA) is 12.0 Å². The predicted octanol–water partition coefficient (Wildman–Crippen LogP) is 4.30. The van der Waals surface area contributed by atoms with Crippen LogP contribution in [0.1, 0.15) is 24.5 Å². The van der Waals surface area contributed by atoms with Gasteiger partial charge in [-0.25, -0.2) is 4.39 Å². The van der Waals surface area contributed by atoms with Gasteiger partial charge in [-0.2, -0.15) is 0 Å². The van der Waals surface area contributed by atoms with E-state index in [1.54, 1.807) is 12.1 Å². The molecule has 0 saturated carbocycles. The summed E-state index contributed by atoms with van der Waals surface area (Å²) in [5, 5.41) is 3.40. The lowest BCUT2D eigenvalue weighted by molar-refractivity contribution is 0.627. The fourth-order valence-electron chi connectivity index (χ4n) is 2.25. The Labute approximate surface area is 114 Å². The molecule has 0 aromatic heterocycles. The number of hydrogen-bond donors (Lipinski definition) is 1. The highest BCUT2D eigenvalue weighted by Crippen LogP contribution is 2.25. The maximum absolute atomic E-state index is 13.5. The number of nitrogens with one attached hydrogen (secondary N) is 1. The summed E-state index contributed by atoms with van der Waals surface area (Å²) in [6.45, 7) is 5.88. The third-order valence-corrected chi connectivity index (χ3v) is 3.11. The van der Waals surface area contributed by atoms with E-state index in [-0.39, 0.29) is 5.82 Å². The summed E-state index contributed by atoms with van der Waals surface area (Å²) >= 11 is 0. The van der Waals surface area contributed by atoms with Crippen LogP contribution in [0.2, 0.25) is 0 Å². The van der Waals surface area contributed by atoms with E-state index in [9.17, 15) is 4.39 Å². The first-order valence-electron chi connectivity index (χ1n) is 6.77. The molecular formula is C17H20FN. The highest BCUT2D eigenvalue weighted by molar-refractivity contribution is 5.68. The van der Waals surface area contributed by atoms with E-state index in [1.165, 1.54) is 5.56 Å². The number of hydrogen-bond acceptors (Lipinski definition) is 1. The van der Waals surface area contributed by atoms with Gasteiger partial charge in [0, 0.05) is 6.54 Å². The van der Waals surface area contributed by atoms with Crippen LogP contribution in [0.5, 0.6) is 0 Å². The lowest BCUT2D eigenvalue weighted by Gasteiger charge is -2.11. The monoisotopic (exact) mass is 257 g/mol. The van der Waals surface area contributed by atoms with Crippen molar-refractivity contribution in [3.05, 3.63) is 59.4 Å². The largest absolute Gasteiger partial charge is 0.313 e. The molecule has 2 aromatic carbocycles. The Balaban J connectivity index is 2.32. The van der Waals surface area contributed by atoms with Crippen LogP contribution in [-0.2, 0) is 6.54 Å². The van der Waals surface area contributed by atoms with Gasteiger partial charge in [-0.15, -0.1) is 0 Å². The lowest BCUT2D eigenvalue weighted by atomic mass is 9.98. The van der Waals surface area contributed by atoms with Crippen LogP contribution in [-0.4, -0.2) is 6.54 Å². The Morgan fingerprint density at radius 2 is 1.89 bits per heavy atom. The average Bonchev–Trinajstić information content (AvgIpc) is 2.38. The number of halogens is 1. The Bertz CT molecular complexity index is 528. The van der Waals surface area contributed by atoms with Gasteiger partial charge in [0.25, 0.3) is 0 Å². The molecule has 2 rings (SSSR count). The SMILES string of the molecule is CCCNCc1ccccc1-c1cc(C)cc(F)c1. The molecule has 100 valence electrons. The number of aryl methyl sites for hydroxylation is 1. The standard InChI is InChI=1S/C17H20FN/c1-3-8-19-12-14-6-4-5-7-17(14)15-9-13(2)10-16(18)11-15/h4-7,9-11,19H,3,8,12H2,1-2H3. The molecule has 0 radical (unpaired) electrons. The van der Waals surface area contributed by atoms with Crippen LogP contribution in [0.3, 0.4) is 0 Å². The van der Waals surface area contributed by atoms with Crippen molar-refractivity contribution in [3.8, 4) is 11.1 Å². The van der Waals surface area contributed by atoms with Crippen molar-refractivity contribution in [2.45, 2.75) is 26.8 Å². The molecule has 0 aliphatic carbocycles. The normalized spacial score (nSPS) is 10.7. The van der Waals surface area contributed by atoms with Gasteiger partial charge in [0.1, 0.15) is 5.82 Å². The van der Waals surface area contributed by atoms with Crippen molar-refractivity contribution in [1.29, 1.82) is 0 Å². The fourth-order valence-corrected chi connectivity index (χ4v) is 2.25. The third kappa shape index (κ3) is 3.65. The summed E-state index contributed by atoms with van der Waals surface area (Å²) in [5.41, 5.74) is 4.22. The van der Waals surface area contributed by atoms with Gasteiger partial charge in [-0.3, -0.25) is 0 Å². The van der Waals surface area contributed by atoms with Crippen LogP contribution >= 0.6 is 0 Å². The second-order valence-corrected chi connectivity index (χ2v) is 4.85. The average molecular weight is 257 g/mol. The molecule has 2 heteroatoms. The molecule has 1 N–H and O–H groups in total. The van der Waals surface area contributed by atoms with E-state index in [0.29, 0.717) is 0 Å². The predicted molar refractivity (Wildman–Crippen MR) is 78.6 cm³/mol. The molecule has 1 nitrogen and oxygen atoms in total. The van der Waals surface area contributed by atoms with Crippen molar-refractivity contribution in [3.63, 3.8) is 0 Å². The van der Waals surface area contributed by atoms with Crippen LogP contribution in [0.25, 0.3) is 11.1 Å². The molecular weight excluding hydrogens is 237 g/mol. The van der Waals surface area contributed by atoms with Gasteiger partial charge in [-0.1, -0.05) is 37.3 Å². The van der Waals surface area contributed by atoms with E-state index in [4.69, 9.17) is 0 Å². The first-order chi connectivity index (χ1) is 9.20. The first kappa shape index (κ1) is 13.8. The van der Waals surface area contributed by atoms with Crippen LogP contribution in [0.15, 0.2) is 42.5 Å². The molecule has 2 aromatic rings. The van der Waals surface area contributed by atoms with Crippen molar-refractivity contribution in [1.82, 2.24) is 5.32 Å². The number of benzene rings is 2. The summed E-state index contributed by atoms with van der Waals surface area (Å²) < 4.78 is 13.5. The van der Waals surface area contributed by atoms with Gasteiger partial charge in [0.15, 0.2) is 0 Å². The summed E-state index contributed by atoms with van der Waals surface area (Å²) in [7, 11) is 0. The lowest BCUT2D eigenvalue weighted by Crippen LogP contribution is -2.14. The molecule has 0 unspecified atom stereocenters. The molecule has 0 atom stereocenters. The quantitative estimate of drug-likeness (QED) is 0.787. The molecule has 0 bridgehead atoms. The molecule has 19 heavy (non-hydrogen) atoms. The van der Waals surface area contributed by atoms with Crippen molar-refractivity contribution in [2.24, 2.45) is 0 Å². The van der Waals surface area contributed by atoms with E-state index in [0.717, 1.165) is 36.2 Å². The van der Waals surface area contributed by atoms with Crippen molar-refractivity contribution in [2.75, 3.05) is 6.54 Å². The first-order valence-corrected chi connectivity index (χ1v) is 6.77. The van der Waals surface area contributed by atoms with Gasteiger partial charge in [0.2, 0.25) is 0 Å². The zero-order valence-electron chi connectivity index (χ0n) is 11.5. The van der Waals surface area contributed by atoms with Crippen LogP contribution < -0.4 is 5.32 Å². The highest BCUT2D eigenvalue weighted by Gasteiger charge is 2.06. The van der Waals surface area contributed by atoms with Gasteiger partial charge < -0.3 is 5.32 Å². The molecule has 0 amide bonds. The molecule has 0 aliphatic rings. The van der Waals surface area contributed by atoms with E-state index in [1.807, 2.05) is 25.1 Å². The maximum atomic E-state index is 13.5. The van der Waals surface area contributed by atoms with Crippen LogP contribution in [0, 0.1) is 12.7 Å². The Morgan fingerprint density at radius 1 is 1.11 bits per heavy atom. The molecule has 0 spiro atoms. The van der Waals surface area contributed by atoms with E-state index < -0.39 is 0 Å². The molecule has 0 fully saturated rings. The fraction of sp³-hybridized carbons (Fsp3) is 0.294. The van der Waals surface area contributed by atoms with Crippen LogP contribution in [0.4, 0.5) is 4.39 Å². The minimum absolute atomic E-state index is 0.175. The summed E-state index contributed by atoms with van der Waals surface area (Å²) in [6, 6.07) is 13.4. The van der Waals surface area contributed by atoms with Gasteiger partial charge in [0.05, 0.1) is 0 Å². The highest BCUT2D eigenvalue weighted by atomic mass is 19.1. The molecule has 0 saturated heterocycles. The summed E-state index contributed by atoms with van der Waals surface area (Å²) in [4.78, 5) is 0. The Hall–Kier alpha value is -1.67. The maximum Gasteiger partial charge on any atom is 0.124 e. The third-order valence-electron chi connectivity index (χ3n) is 3.11. The molecule has 0 aliphatic heterocycles. The van der Waals surface area contributed by atoms with Gasteiger partial charge >= 0.3 is 0 Å². The Morgan fingerprint density at radius 3 is 2.63 bits per heavy atom. The smallest absolute Gasteiger partial charge is 0.124 e. The van der Waals surface area contributed by atoms with Crippen molar-refractivity contribution < 1.29 is 4.39 Å². The minimum atomic E-state index is -0.175. The Kier molecular flexibility index (Phi) is 4.69. The second-order valence-electron chi connectivity index (χ2n) is 4.85. The minimum Gasteiger partial charge on any atom is -0.313 e. The van der Waals surface area contributed by atoms with Gasteiger partial charge in [-0.05, 0) is 54.3 Å². The summed E-state index contributed by atoms with van der Waals surface area (Å²) in [5.74, 6) is -0.175.